The van der Waals surface area contributed by atoms with Crippen LogP contribution in [0.3, 0.4) is 0 Å². The lowest BCUT2D eigenvalue weighted by atomic mass is 9.92. The van der Waals surface area contributed by atoms with Crippen LogP contribution in [0.4, 0.5) is 4.79 Å². The minimum atomic E-state index is -0.488. The van der Waals surface area contributed by atoms with Crippen LogP contribution in [0.15, 0.2) is 36.6 Å². The smallest absolute Gasteiger partial charge is 0.410 e. The maximum Gasteiger partial charge on any atom is 0.410 e. The van der Waals surface area contributed by atoms with Gasteiger partial charge in [-0.1, -0.05) is 30.4 Å². The van der Waals surface area contributed by atoms with Crippen molar-refractivity contribution in [3.8, 4) is 0 Å². The second-order valence-corrected chi connectivity index (χ2v) is 7.25. The van der Waals surface area contributed by atoms with E-state index in [-0.39, 0.29) is 18.2 Å². The minimum absolute atomic E-state index is 0.00662. The molecule has 2 atom stereocenters. The number of ether oxygens (including phenoxy) is 2. The number of hydrogen-bond donors (Lipinski definition) is 0. The van der Waals surface area contributed by atoms with Crippen LogP contribution < -0.4 is 0 Å². The summed E-state index contributed by atoms with van der Waals surface area (Å²) in [4.78, 5) is 14.4. The maximum atomic E-state index is 12.6. The Balaban J connectivity index is 2.07. The van der Waals surface area contributed by atoms with Crippen molar-refractivity contribution < 1.29 is 14.3 Å². The quantitative estimate of drug-likeness (QED) is 0.712. The minimum Gasteiger partial charge on any atom is -0.497 e. The fraction of sp³-hybridized carbons (Fsp3) is 0.632. The number of likely N-dealkylation sites (tertiary alicyclic amines) is 1. The average molecular weight is 319 g/mol. The number of rotatable bonds is 4. The molecule has 4 nitrogen and oxygen atoms in total. The molecule has 128 valence electrons. The van der Waals surface area contributed by atoms with Gasteiger partial charge in [-0.25, -0.2) is 4.79 Å². The van der Waals surface area contributed by atoms with Crippen molar-refractivity contribution in [1.82, 2.24) is 4.90 Å². The van der Waals surface area contributed by atoms with Gasteiger partial charge in [0.05, 0.1) is 12.8 Å². The van der Waals surface area contributed by atoms with Crippen LogP contribution in [0.25, 0.3) is 0 Å². The van der Waals surface area contributed by atoms with Crippen LogP contribution in [0.2, 0.25) is 0 Å². The van der Waals surface area contributed by atoms with Crippen molar-refractivity contribution in [2.45, 2.75) is 70.6 Å². The van der Waals surface area contributed by atoms with Crippen molar-refractivity contribution in [3.05, 3.63) is 36.6 Å². The lowest BCUT2D eigenvalue weighted by Gasteiger charge is -2.40. The first kappa shape index (κ1) is 17.6. The third-order valence-electron chi connectivity index (χ3n) is 4.12. The highest BCUT2D eigenvalue weighted by Gasteiger charge is 2.35. The second-order valence-electron chi connectivity index (χ2n) is 7.25. The fourth-order valence-corrected chi connectivity index (χ4v) is 3.09. The zero-order chi connectivity index (χ0) is 16.9. The van der Waals surface area contributed by atoms with Crippen LogP contribution in [0.5, 0.6) is 0 Å². The van der Waals surface area contributed by atoms with Gasteiger partial charge in [-0.15, -0.1) is 0 Å². The Morgan fingerprint density at radius 1 is 1.39 bits per heavy atom. The van der Waals surface area contributed by atoms with E-state index in [1.807, 2.05) is 25.7 Å². The van der Waals surface area contributed by atoms with Gasteiger partial charge in [0.25, 0.3) is 0 Å². The number of carbonyl (C=O) groups is 1. The summed E-state index contributed by atoms with van der Waals surface area (Å²) in [6.07, 6.45) is 12.8. The number of nitrogens with zero attached hydrogens (tertiary/aromatic N) is 1. The van der Waals surface area contributed by atoms with Crippen molar-refractivity contribution in [2.75, 3.05) is 6.54 Å². The number of amides is 1. The van der Waals surface area contributed by atoms with Gasteiger partial charge in [0, 0.05) is 6.04 Å². The lowest BCUT2D eigenvalue weighted by molar-refractivity contribution is -0.0155. The van der Waals surface area contributed by atoms with E-state index in [1.54, 1.807) is 0 Å². The molecule has 0 N–H and O–H groups in total. The average Bonchev–Trinajstić information content (AvgIpc) is 2.48. The van der Waals surface area contributed by atoms with E-state index in [0.29, 0.717) is 6.54 Å². The molecule has 2 rings (SSSR count). The normalized spacial score (nSPS) is 24.8. The van der Waals surface area contributed by atoms with Crippen LogP contribution in [-0.2, 0) is 9.47 Å². The number of carbonyl (C=O) groups excluding carboxylic acids is 1. The monoisotopic (exact) mass is 319 g/mol. The predicted molar refractivity (Wildman–Crippen MR) is 92.1 cm³/mol. The summed E-state index contributed by atoms with van der Waals surface area (Å²) in [6, 6.07) is 0.170. The van der Waals surface area contributed by atoms with Gasteiger partial charge < -0.3 is 14.4 Å². The Morgan fingerprint density at radius 2 is 2.17 bits per heavy atom. The van der Waals surface area contributed by atoms with Crippen molar-refractivity contribution in [3.63, 3.8) is 0 Å². The van der Waals surface area contributed by atoms with Gasteiger partial charge in [0.1, 0.15) is 11.7 Å². The highest BCUT2D eigenvalue weighted by Crippen LogP contribution is 2.28. The Bertz CT molecular complexity index is 487. The molecule has 0 aromatic heterocycles. The molecule has 4 heteroatoms. The van der Waals surface area contributed by atoms with Gasteiger partial charge >= 0.3 is 6.09 Å². The van der Waals surface area contributed by atoms with Gasteiger partial charge in [-0.2, -0.15) is 0 Å². The first-order valence-corrected chi connectivity index (χ1v) is 8.50. The third kappa shape index (κ3) is 5.45. The van der Waals surface area contributed by atoms with Gasteiger partial charge in [-0.3, -0.25) is 0 Å². The van der Waals surface area contributed by atoms with E-state index in [1.165, 1.54) is 11.8 Å². The molecule has 0 aromatic rings. The molecular formula is C19H29NO3. The molecule has 1 amide bonds. The highest BCUT2D eigenvalue weighted by atomic mass is 16.6. The second kappa shape index (κ2) is 7.71. The maximum absolute atomic E-state index is 12.6. The summed E-state index contributed by atoms with van der Waals surface area (Å²) in [5.41, 5.74) is 0.829. The zero-order valence-corrected chi connectivity index (χ0v) is 14.6. The molecule has 23 heavy (non-hydrogen) atoms. The number of hydrogen-bond acceptors (Lipinski definition) is 3. The molecule has 2 aliphatic rings. The molecular weight excluding hydrogens is 290 g/mol. The predicted octanol–water partition coefficient (Wildman–Crippen LogP) is 4.58. The molecule has 0 radical (unpaired) electrons. The van der Waals surface area contributed by atoms with E-state index < -0.39 is 5.60 Å². The number of piperidine rings is 1. The summed E-state index contributed by atoms with van der Waals surface area (Å²) in [5.74, 6) is 0. The molecule has 1 heterocycles. The fourth-order valence-electron chi connectivity index (χ4n) is 3.09. The van der Waals surface area contributed by atoms with E-state index >= 15 is 0 Å². The van der Waals surface area contributed by atoms with Crippen molar-refractivity contribution in [1.29, 1.82) is 0 Å². The van der Waals surface area contributed by atoms with E-state index in [0.717, 1.165) is 32.1 Å². The first-order chi connectivity index (χ1) is 10.9. The van der Waals surface area contributed by atoms with Gasteiger partial charge in [0.15, 0.2) is 0 Å². The van der Waals surface area contributed by atoms with Gasteiger partial charge in [-0.05, 0) is 52.9 Å². The van der Waals surface area contributed by atoms with E-state index in [4.69, 9.17) is 9.47 Å². The Hall–Kier alpha value is -1.71. The summed E-state index contributed by atoms with van der Waals surface area (Å²) < 4.78 is 11.1. The van der Waals surface area contributed by atoms with Crippen molar-refractivity contribution >= 4 is 6.09 Å². The molecule has 1 aliphatic carbocycles. The molecule has 1 aliphatic heterocycles. The van der Waals surface area contributed by atoms with Gasteiger partial charge in [0.2, 0.25) is 0 Å². The Morgan fingerprint density at radius 3 is 2.78 bits per heavy atom. The summed E-state index contributed by atoms with van der Waals surface area (Å²) in [6.45, 7) is 9.87. The molecule has 0 bridgehead atoms. The summed E-state index contributed by atoms with van der Waals surface area (Å²) in [7, 11) is 0. The standard InChI is InChI=1S/C19H29NO3/c1-5-22-17-12-11-16(13-15-9-7-6-8-10-15)20(14-17)18(21)23-19(2,3)4/h5,7,9-10,16-17H,1,6,8,11-14H2,2-4H3/t16-,17-/m1/s1. The van der Waals surface area contributed by atoms with Crippen LogP contribution in [0.1, 0.15) is 52.9 Å². The molecule has 0 spiro atoms. The highest BCUT2D eigenvalue weighted by molar-refractivity contribution is 5.69. The van der Waals surface area contributed by atoms with Crippen LogP contribution in [0, 0.1) is 0 Å². The zero-order valence-electron chi connectivity index (χ0n) is 14.6. The first-order valence-electron chi connectivity index (χ1n) is 8.50. The van der Waals surface area contributed by atoms with Crippen LogP contribution >= 0.6 is 0 Å². The largest absolute Gasteiger partial charge is 0.497 e. The summed E-state index contributed by atoms with van der Waals surface area (Å²) in [5, 5.41) is 0. The topological polar surface area (TPSA) is 38.8 Å². The molecule has 1 fully saturated rings. The number of allylic oxidation sites excluding steroid dienone is 3. The van der Waals surface area contributed by atoms with E-state index in [9.17, 15) is 4.79 Å². The van der Waals surface area contributed by atoms with Crippen molar-refractivity contribution in [2.24, 2.45) is 0 Å². The SMILES string of the molecule is C=CO[C@@H]1CC[C@H](CC2=CCCC=C2)N(C(=O)OC(C)(C)C)C1. The molecule has 0 saturated carbocycles. The Labute approximate surface area is 139 Å². The lowest BCUT2D eigenvalue weighted by Crippen LogP contribution is -2.50. The summed E-state index contributed by atoms with van der Waals surface area (Å²) >= 11 is 0. The Kier molecular flexibility index (Phi) is 5.91. The van der Waals surface area contributed by atoms with E-state index in [2.05, 4.69) is 24.8 Å². The van der Waals surface area contributed by atoms with Crippen LogP contribution in [-0.4, -0.2) is 35.3 Å². The molecule has 0 aromatic carbocycles. The molecule has 0 unspecified atom stereocenters. The molecule has 1 saturated heterocycles. The third-order valence-corrected chi connectivity index (χ3v) is 4.12.